The average Bonchev–Trinajstić information content (AvgIpc) is 3.24. The van der Waals surface area contributed by atoms with Crippen molar-refractivity contribution in [3.8, 4) is 0 Å². The normalized spacial score (nSPS) is 17.6. The van der Waals surface area contributed by atoms with Crippen molar-refractivity contribution in [3.05, 3.63) is 87.9 Å². The summed E-state index contributed by atoms with van der Waals surface area (Å²) in [7, 11) is 2.20. The highest BCUT2D eigenvalue weighted by atomic mass is 16.6. The van der Waals surface area contributed by atoms with Crippen LogP contribution in [0.3, 0.4) is 0 Å². The maximum absolute atomic E-state index is 10.8. The van der Waals surface area contributed by atoms with Gasteiger partial charge in [-0.25, -0.2) is 0 Å². The molecular weight excluding hydrogens is 338 g/mol. The van der Waals surface area contributed by atoms with E-state index in [4.69, 9.17) is 0 Å². The van der Waals surface area contributed by atoms with Crippen LogP contribution in [0.15, 0.2) is 60.9 Å². The van der Waals surface area contributed by atoms with Gasteiger partial charge in [-0.05, 0) is 62.7 Å². The number of hydrogen-bond donors (Lipinski definition) is 0. The molecule has 1 aliphatic heterocycles. The minimum absolute atomic E-state index is 0.0973. The largest absolute Gasteiger partial charge is 0.350 e. The predicted molar refractivity (Wildman–Crippen MR) is 109 cm³/mol. The molecule has 1 unspecified atom stereocenters. The molecule has 1 atom stereocenters. The van der Waals surface area contributed by atoms with E-state index in [-0.39, 0.29) is 5.70 Å². The smallest absolute Gasteiger partial charge is 0.262 e. The van der Waals surface area contributed by atoms with Crippen molar-refractivity contribution in [1.82, 2.24) is 9.47 Å². The van der Waals surface area contributed by atoms with Crippen molar-refractivity contribution in [2.75, 3.05) is 13.6 Å². The van der Waals surface area contributed by atoms with Gasteiger partial charge in [0.2, 0.25) is 0 Å². The van der Waals surface area contributed by atoms with E-state index in [0.29, 0.717) is 6.04 Å². The number of aryl methyl sites for hydroxylation is 1. The first-order valence-electron chi connectivity index (χ1n) is 9.47. The third kappa shape index (κ3) is 5.17. The SMILES string of the molecule is C=C(/C=C\c1cc(Cc2ccccc2)n(CCC2CCCN2C)c1)[N+](=O)[O-]. The lowest BCUT2D eigenvalue weighted by atomic mass is 10.1. The van der Waals surface area contributed by atoms with Crippen LogP contribution in [0.25, 0.3) is 6.08 Å². The van der Waals surface area contributed by atoms with E-state index in [0.717, 1.165) is 24.9 Å². The summed E-state index contributed by atoms with van der Waals surface area (Å²) in [5.41, 5.74) is 3.37. The first-order valence-corrected chi connectivity index (χ1v) is 9.47. The van der Waals surface area contributed by atoms with Crippen molar-refractivity contribution in [2.45, 2.75) is 38.3 Å². The van der Waals surface area contributed by atoms with Gasteiger partial charge in [0.1, 0.15) is 0 Å². The Labute approximate surface area is 160 Å². The van der Waals surface area contributed by atoms with E-state index in [2.05, 4.69) is 59.6 Å². The number of allylic oxidation sites excluding steroid dienone is 1. The summed E-state index contributed by atoms with van der Waals surface area (Å²) in [5, 5.41) is 10.8. The summed E-state index contributed by atoms with van der Waals surface area (Å²) in [6.45, 7) is 5.61. The van der Waals surface area contributed by atoms with Gasteiger partial charge in [-0.3, -0.25) is 10.1 Å². The maximum Gasteiger partial charge on any atom is 0.262 e. The molecule has 0 spiro atoms. The van der Waals surface area contributed by atoms with Gasteiger partial charge in [0.25, 0.3) is 5.70 Å². The fourth-order valence-electron chi connectivity index (χ4n) is 3.72. The lowest BCUT2D eigenvalue weighted by Crippen LogP contribution is -2.26. The van der Waals surface area contributed by atoms with Gasteiger partial charge in [0, 0.05) is 37.0 Å². The lowest BCUT2D eigenvalue weighted by molar-refractivity contribution is -0.418. The number of rotatable bonds is 8. The van der Waals surface area contributed by atoms with Crippen LogP contribution in [0.4, 0.5) is 0 Å². The number of likely N-dealkylation sites (tertiary alicyclic amines) is 1. The molecule has 3 rings (SSSR count). The zero-order valence-corrected chi connectivity index (χ0v) is 15.9. The van der Waals surface area contributed by atoms with Crippen molar-refractivity contribution in [1.29, 1.82) is 0 Å². The molecule has 1 fully saturated rings. The molecule has 2 aromatic rings. The van der Waals surface area contributed by atoms with Crippen LogP contribution < -0.4 is 0 Å². The average molecular weight is 365 g/mol. The molecule has 5 nitrogen and oxygen atoms in total. The van der Waals surface area contributed by atoms with Gasteiger partial charge in [-0.1, -0.05) is 30.3 Å². The minimum Gasteiger partial charge on any atom is -0.350 e. The third-order valence-corrected chi connectivity index (χ3v) is 5.31. The Kier molecular flexibility index (Phi) is 6.24. The van der Waals surface area contributed by atoms with Crippen LogP contribution in [0, 0.1) is 10.1 Å². The van der Waals surface area contributed by atoms with E-state index >= 15 is 0 Å². The van der Waals surface area contributed by atoms with Gasteiger partial charge >= 0.3 is 0 Å². The summed E-state index contributed by atoms with van der Waals surface area (Å²) in [4.78, 5) is 12.7. The highest BCUT2D eigenvalue weighted by molar-refractivity contribution is 5.52. The Morgan fingerprint density at radius 3 is 2.81 bits per heavy atom. The summed E-state index contributed by atoms with van der Waals surface area (Å²) < 4.78 is 2.30. The van der Waals surface area contributed by atoms with Crippen LogP contribution in [-0.4, -0.2) is 34.0 Å². The van der Waals surface area contributed by atoms with Gasteiger partial charge in [-0.15, -0.1) is 0 Å². The monoisotopic (exact) mass is 365 g/mol. The van der Waals surface area contributed by atoms with Crippen LogP contribution >= 0.6 is 0 Å². The van der Waals surface area contributed by atoms with E-state index in [9.17, 15) is 10.1 Å². The van der Waals surface area contributed by atoms with Crippen LogP contribution in [0.1, 0.15) is 36.1 Å². The predicted octanol–water partition coefficient (Wildman–Crippen LogP) is 4.37. The second-order valence-corrected chi connectivity index (χ2v) is 7.27. The molecule has 1 saturated heterocycles. The summed E-state index contributed by atoms with van der Waals surface area (Å²) in [6.07, 6.45) is 9.86. The van der Waals surface area contributed by atoms with Gasteiger partial charge in [0.15, 0.2) is 0 Å². The molecule has 0 aliphatic carbocycles. The number of aromatic nitrogens is 1. The molecular formula is C22H27N3O2. The lowest BCUT2D eigenvalue weighted by Gasteiger charge is -2.20. The fourth-order valence-corrected chi connectivity index (χ4v) is 3.72. The second-order valence-electron chi connectivity index (χ2n) is 7.27. The van der Waals surface area contributed by atoms with Crippen molar-refractivity contribution < 1.29 is 4.92 Å². The summed E-state index contributed by atoms with van der Waals surface area (Å²) >= 11 is 0. The number of hydrogen-bond acceptors (Lipinski definition) is 3. The van der Waals surface area contributed by atoms with Gasteiger partial charge < -0.3 is 9.47 Å². The first kappa shape index (κ1) is 19.1. The zero-order chi connectivity index (χ0) is 19.2. The van der Waals surface area contributed by atoms with Crippen molar-refractivity contribution in [3.63, 3.8) is 0 Å². The van der Waals surface area contributed by atoms with E-state index in [1.165, 1.54) is 36.7 Å². The molecule has 0 radical (unpaired) electrons. The molecule has 0 amide bonds. The Bertz CT molecular complexity index is 823. The molecule has 1 aliphatic rings. The highest BCUT2D eigenvalue weighted by Gasteiger charge is 2.20. The molecule has 2 heterocycles. The van der Waals surface area contributed by atoms with Crippen molar-refractivity contribution in [2.24, 2.45) is 0 Å². The molecule has 0 bridgehead atoms. The maximum atomic E-state index is 10.8. The van der Waals surface area contributed by atoms with E-state index in [1.807, 2.05) is 6.07 Å². The second kappa shape index (κ2) is 8.82. The summed E-state index contributed by atoms with van der Waals surface area (Å²) in [6, 6.07) is 13.2. The Morgan fingerprint density at radius 1 is 1.37 bits per heavy atom. The third-order valence-electron chi connectivity index (χ3n) is 5.31. The molecule has 5 heteroatoms. The van der Waals surface area contributed by atoms with Gasteiger partial charge in [-0.2, -0.15) is 0 Å². The summed E-state index contributed by atoms with van der Waals surface area (Å²) in [5.74, 6) is 0. The fraction of sp³-hybridized carbons (Fsp3) is 0.364. The first-order chi connectivity index (χ1) is 13.0. The molecule has 27 heavy (non-hydrogen) atoms. The van der Waals surface area contributed by atoms with Crippen LogP contribution in [0.5, 0.6) is 0 Å². The Balaban J connectivity index is 1.77. The molecule has 0 saturated carbocycles. The number of nitrogens with zero attached hydrogens (tertiary/aromatic N) is 3. The quantitative estimate of drug-likeness (QED) is 0.397. The molecule has 1 aromatic carbocycles. The number of nitro groups is 1. The van der Waals surface area contributed by atoms with Crippen molar-refractivity contribution >= 4 is 6.08 Å². The van der Waals surface area contributed by atoms with E-state index in [1.54, 1.807) is 6.08 Å². The highest BCUT2D eigenvalue weighted by Crippen LogP contribution is 2.21. The topological polar surface area (TPSA) is 51.3 Å². The van der Waals surface area contributed by atoms with E-state index < -0.39 is 4.92 Å². The zero-order valence-electron chi connectivity index (χ0n) is 15.9. The van der Waals surface area contributed by atoms with Gasteiger partial charge in [0.05, 0.1) is 4.92 Å². The molecule has 142 valence electrons. The number of benzene rings is 1. The Hall–Kier alpha value is -2.66. The van der Waals surface area contributed by atoms with Crippen LogP contribution in [0.2, 0.25) is 0 Å². The van der Waals surface area contributed by atoms with Crippen LogP contribution in [-0.2, 0) is 13.0 Å². The minimum atomic E-state index is -0.464. The standard InChI is InChI=1S/C22H27N3O2/c1-18(25(26)27)10-11-20-16-22(15-19-7-4-3-5-8-19)24(17-20)14-12-21-9-6-13-23(21)2/h3-5,7-8,10-11,16-17,21H,1,6,9,12-15H2,2H3/b11-10-. The molecule has 1 aromatic heterocycles. The Morgan fingerprint density at radius 2 is 2.15 bits per heavy atom. The molecule has 0 N–H and O–H groups in total.